The molecule has 0 aromatic carbocycles. The lowest BCUT2D eigenvalue weighted by Gasteiger charge is -2.35. The zero-order chi connectivity index (χ0) is 13.4. The maximum Gasteiger partial charge on any atom is 0.501 e. The summed E-state index contributed by atoms with van der Waals surface area (Å²) < 4.78 is 27.6. The molecule has 0 saturated heterocycles. The zero-order valence-electron chi connectivity index (χ0n) is 11.9. The van der Waals surface area contributed by atoms with Crippen LogP contribution in [0.15, 0.2) is 0 Å². The van der Waals surface area contributed by atoms with E-state index in [-0.39, 0.29) is 0 Å². The summed E-state index contributed by atoms with van der Waals surface area (Å²) in [5.41, 5.74) is 0. The molecule has 0 saturated carbocycles. The standard InChI is InChI=1S/C11H26O5Si/c1-7-9-14-11(3,15-10-8-2)16-17(6,12-4)13-5/h7-10H2,1-6H3. The van der Waals surface area contributed by atoms with Gasteiger partial charge in [0.25, 0.3) is 5.97 Å². The highest BCUT2D eigenvalue weighted by Crippen LogP contribution is 2.22. The van der Waals surface area contributed by atoms with Gasteiger partial charge in [-0.05, 0) is 12.8 Å². The molecule has 0 bridgehead atoms. The van der Waals surface area contributed by atoms with E-state index in [1.165, 1.54) is 0 Å². The second kappa shape index (κ2) is 8.18. The molecule has 104 valence electrons. The Balaban J connectivity index is 4.54. The van der Waals surface area contributed by atoms with Gasteiger partial charge < -0.3 is 22.8 Å². The van der Waals surface area contributed by atoms with E-state index in [9.17, 15) is 0 Å². The monoisotopic (exact) mass is 266 g/mol. The molecule has 5 nitrogen and oxygen atoms in total. The van der Waals surface area contributed by atoms with E-state index in [2.05, 4.69) is 0 Å². The minimum atomic E-state index is -2.68. The summed E-state index contributed by atoms with van der Waals surface area (Å²) in [5, 5.41) is 0. The van der Waals surface area contributed by atoms with E-state index in [1.54, 1.807) is 27.7 Å². The van der Waals surface area contributed by atoms with Gasteiger partial charge in [-0.25, -0.2) is 0 Å². The SMILES string of the molecule is CCCOC(C)(OCCC)O[Si](C)(OC)OC. The third-order valence-electron chi connectivity index (χ3n) is 2.25. The van der Waals surface area contributed by atoms with Gasteiger partial charge >= 0.3 is 8.80 Å². The van der Waals surface area contributed by atoms with Crippen molar-refractivity contribution in [2.24, 2.45) is 0 Å². The lowest BCUT2D eigenvalue weighted by Crippen LogP contribution is -2.51. The van der Waals surface area contributed by atoms with Crippen molar-refractivity contribution in [3.8, 4) is 0 Å². The van der Waals surface area contributed by atoms with Gasteiger partial charge in [0, 0.05) is 27.7 Å². The first-order chi connectivity index (χ1) is 7.95. The average Bonchev–Trinajstić information content (AvgIpc) is 2.34. The molecule has 0 fully saturated rings. The maximum absolute atomic E-state index is 5.78. The Morgan fingerprint density at radius 2 is 1.35 bits per heavy atom. The van der Waals surface area contributed by atoms with Crippen molar-refractivity contribution in [1.29, 1.82) is 0 Å². The van der Waals surface area contributed by atoms with Crippen molar-refractivity contribution >= 4 is 8.80 Å². The van der Waals surface area contributed by atoms with E-state index in [0.717, 1.165) is 12.8 Å². The normalized spacial score (nSPS) is 13.1. The number of hydrogen-bond acceptors (Lipinski definition) is 5. The van der Waals surface area contributed by atoms with Crippen molar-refractivity contribution in [2.45, 2.75) is 46.1 Å². The van der Waals surface area contributed by atoms with Crippen molar-refractivity contribution in [1.82, 2.24) is 0 Å². The van der Waals surface area contributed by atoms with E-state index < -0.39 is 14.8 Å². The third-order valence-corrected chi connectivity index (χ3v) is 4.47. The van der Waals surface area contributed by atoms with Crippen LogP contribution in [-0.2, 0) is 22.8 Å². The van der Waals surface area contributed by atoms with E-state index >= 15 is 0 Å². The smallest absolute Gasteiger partial charge is 0.377 e. The fraction of sp³-hybridized carbons (Fsp3) is 1.00. The summed E-state index contributed by atoms with van der Waals surface area (Å²) in [6, 6.07) is 0. The van der Waals surface area contributed by atoms with Gasteiger partial charge in [0.15, 0.2) is 0 Å². The van der Waals surface area contributed by atoms with Gasteiger partial charge in [0.1, 0.15) is 0 Å². The first kappa shape index (κ1) is 17.0. The summed E-state index contributed by atoms with van der Waals surface area (Å²) in [7, 11) is 0.448. The number of ether oxygens (including phenoxy) is 2. The maximum atomic E-state index is 5.78. The summed E-state index contributed by atoms with van der Waals surface area (Å²) in [5.74, 6) is -1.10. The molecule has 0 spiro atoms. The first-order valence-corrected chi connectivity index (χ1v) is 8.26. The van der Waals surface area contributed by atoms with E-state index in [0.29, 0.717) is 13.2 Å². The van der Waals surface area contributed by atoms with Crippen LogP contribution in [0.2, 0.25) is 6.55 Å². The van der Waals surface area contributed by atoms with Crippen molar-refractivity contribution < 1.29 is 22.8 Å². The molecule has 6 heteroatoms. The second-order valence-electron chi connectivity index (χ2n) is 3.93. The molecule has 0 unspecified atom stereocenters. The van der Waals surface area contributed by atoms with Crippen LogP contribution >= 0.6 is 0 Å². The minimum Gasteiger partial charge on any atom is -0.377 e. The number of rotatable bonds is 10. The highest BCUT2D eigenvalue weighted by atomic mass is 28.4. The molecule has 0 N–H and O–H groups in total. The van der Waals surface area contributed by atoms with Crippen LogP contribution in [0.1, 0.15) is 33.6 Å². The summed E-state index contributed by atoms with van der Waals surface area (Å²) in [6.45, 7) is 8.75. The van der Waals surface area contributed by atoms with Crippen LogP contribution in [-0.4, -0.2) is 42.2 Å². The molecule has 0 atom stereocenters. The van der Waals surface area contributed by atoms with Gasteiger partial charge in [-0.2, -0.15) is 0 Å². The molecular formula is C11H26O5Si. The topological polar surface area (TPSA) is 46.2 Å². The second-order valence-corrected chi connectivity index (χ2v) is 6.68. The molecule has 0 rings (SSSR count). The fourth-order valence-electron chi connectivity index (χ4n) is 1.18. The average molecular weight is 266 g/mol. The Morgan fingerprint density at radius 1 is 0.941 bits per heavy atom. The Morgan fingerprint density at radius 3 is 1.65 bits per heavy atom. The largest absolute Gasteiger partial charge is 0.501 e. The van der Waals surface area contributed by atoms with E-state index in [1.807, 2.05) is 13.8 Å². The van der Waals surface area contributed by atoms with Crippen LogP contribution < -0.4 is 0 Å². The Labute approximate surface area is 106 Å². The van der Waals surface area contributed by atoms with Crippen LogP contribution in [0.5, 0.6) is 0 Å². The van der Waals surface area contributed by atoms with Gasteiger partial charge in [-0.3, -0.25) is 0 Å². The predicted octanol–water partition coefficient (Wildman–Crippen LogP) is 2.39. The fourth-order valence-corrected chi connectivity index (χ4v) is 2.30. The lowest BCUT2D eigenvalue weighted by molar-refractivity contribution is -0.346. The molecule has 0 radical (unpaired) electrons. The van der Waals surface area contributed by atoms with Gasteiger partial charge in [0.05, 0.1) is 13.2 Å². The van der Waals surface area contributed by atoms with Crippen molar-refractivity contribution in [3.05, 3.63) is 0 Å². The summed E-state index contributed by atoms with van der Waals surface area (Å²) >= 11 is 0. The van der Waals surface area contributed by atoms with Gasteiger partial charge in [0.2, 0.25) is 0 Å². The first-order valence-electron chi connectivity index (χ1n) is 6.03. The molecule has 0 amide bonds. The summed E-state index contributed by atoms with van der Waals surface area (Å²) in [4.78, 5) is 0. The van der Waals surface area contributed by atoms with Crippen LogP contribution in [0, 0.1) is 0 Å². The molecule has 0 aromatic heterocycles. The molecule has 0 aliphatic rings. The Bertz CT molecular complexity index is 188. The summed E-state index contributed by atoms with van der Waals surface area (Å²) in [6.07, 6.45) is 1.79. The third kappa shape index (κ3) is 6.49. The van der Waals surface area contributed by atoms with Crippen LogP contribution in [0.4, 0.5) is 0 Å². The number of hydrogen-bond donors (Lipinski definition) is 0. The Hall–Kier alpha value is 0.0169. The van der Waals surface area contributed by atoms with Crippen molar-refractivity contribution in [3.63, 3.8) is 0 Å². The zero-order valence-corrected chi connectivity index (χ0v) is 12.9. The van der Waals surface area contributed by atoms with Crippen molar-refractivity contribution in [2.75, 3.05) is 27.4 Å². The van der Waals surface area contributed by atoms with E-state index in [4.69, 9.17) is 22.8 Å². The van der Waals surface area contributed by atoms with Gasteiger partial charge in [-0.1, -0.05) is 13.8 Å². The van der Waals surface area contributed by atoms with Crippen LogP contribution in [0.3, 0.4) is 0 Å². The van der Waals surface area contributed by atoms with Gasteiger partial charge in [-0.15, -0.1) is 0 Å². The molecule has 17 heavy (non-hydrogen) atoms. The lowest BCUT2D eigenvalue weighted by atomic mass is 10.5. The molecule has 0 aliphatic heterocycles. The Kier molecular flexibility index (Phi) is 8.19. The molecular weight excluding hydrogens is 240 g/mol. The molecule has 0 aliphatic carbocycles. The quantitative estimate of drug-likeness (QED) is 0.449. The molecule has 0 heterocycles. The minimum absolute atomic E-state index is 0.568. The highest BCUT2D eigenvalue weighted by molar-refractivity contribution is 6.59. The van der Waals surface area contributed by atoms with Crippen LogP contribution in [0.25, 0.3) is 0 Å². The highest BCUT2D eigenvalue weighted by Gasteiger charge is 2.42. The molecule has 0 aromatic rings. The predicted molar refractivity (Wildman–Crippen MR) is 67.6 cm³/mol.